The van der Waals surface area contributed by atoms with E-state index in [4.69, 9.17) is 9.84 Å². The van der Waals surface area contributed by atoms with E-state index in [1.54, 1.807) is 0 Å². The average molecular weight is 465 g/mol. The molecule has 0 aliphatic heterocycles. The van der Waals surface area contributed by atoms with Crippen LogP contribution in [-0.2, 0) is 14.3 Å². The lowest BCUT2D eigenvalue weighted by Gasteiger charge is -2.40. The number of hydrogen-bond acceptors (Lipinski definition) is 4. The summed E-state index contributed by atoms with van der Waals surface area (Å²) in [5.41, 5.74) is 4.30. The number of alkyl carbamates (subject to hydrolysis) is 1. The Morgan fingerprint density at radius 1 is 1.06 bits per heavy atom. The Bertz CT molecular complexity index is 1020. The molecule has 0 radical (unpaired) electrons. The molecule has 0 aromatic heterocycles. The van der Waals surface area contributed by atoms with Crippen LogP contribution < -0.4 is 10.6 Å². The van der Waals surface area contributed by atoms with Gasteiger partial charge in [0.05, 0.1) is 6.42 Å². The van der Waals surface area contributed by atoms with Crippen LogP contribution in [-0.4, -0.2) is 42.3 Å². The van der Waals surface area contributed by atoms with Crippen molar-refractivity contribution < 1.29 is 24.2 Å². The predicted molar refractivity (Wildman–Crippen MR) is 128 cm³/mol. The highest BCUT2D eigenvalue weighted by molar-refractivity contribution is 5.79. The Labute approximate surface area is 199 Å². The van der Waals surface area contributed by atoms with Crippen molar-refractivity contribution in [2.75, 3.05) is 13.2 Å². The number of carbonyl (C=O) groups is 3. The van der Waals surface area contributed by atoms with Gasteiger partial charge in [-0.3, -0.25) is 9.59 Å². The molecule has 180 valence electrons. The van der Waals surface area contributed by atoms with Crippen LogP contribution in [0, 0.1) is 5.41 Å². The number of carbonyl (C=O) groups excluding carboxylic acids is 2. The lowest BCUT2D eigenvalue weighted by Crippen LogP contribution is -2.45. The van der Waals surface area contributed by atoms with E-state index in [9.17, 15) is 14.4 Å². The molecule has 0 unspecified atom stereocenters. The van der Waals surface area contributed by atoms with Crippen molar-refractivity contribution in [2.45, 2.75) is 57.4 Å². The first-order valence-corrected chi connectivity index (χ1v) is 12.0. The van der Waals surface area contributed by atoms with Crippen molar-refractivity contribution in [1.82, 2.24) is 10.6 Å². The van der Waals surface area contributed by atoms with Crippen molar-refractivity contribution in [3.63, 3.8) is 0 Å². The van der Waals surface area contributed by atoms with Gasteiger partial charge in [0.1, 0.15) is 6.61 Å². The van der Waals surface area contributed by atoms with Gasteiger partial charge < -0.3 is 20.5 Å². The fourth-order valence-corrected chi connectivity index (χ4v) is 5.10. The third kappa shape index (κ3) is 5.24. The van der Waals surface area contributed by atoms with Crippen LogP contribution in [0.25, 0.3) is 11.1 Å². The number of rotatable bonds is 10. The van der Waals surface area contributed by atoms with Gasteiger partial charge in [-0.05, 0) is 46.9 Å². The maximum atomic E-state index is 12.5. The lowest BCUT2D eigenvalue weighted by molar-refractivity contribution is -0.141. The average Bonchev–Trinajstić information content (AvgIpc) is 3.12. The molecule has 1 saturated carbocycles. The molecular weight excluding hydrogens is 432 g/mol. The van der Waals surface area contributed by atoms with Gasteiger partial charge in [-0.25, -0.2) is 4.79 Å². The normalized spacial score (nSPS) is 16.5. The van der Waals surface area contributed by atoms with Crippen molar-refractivity contribution in [1.29, 1.82) is 0 Å². The van der Waals surface area contributed by atoms with E-state index < -0.39 is 12.1 Å². The molecule has 0 saturated heterocycles. The van der Waals surface area contributed by atoms with Gasteiger partial charge in [-0.15, -0.1) is 0 Å². The Balaban J connectivity index is 1.28. The molecule has 1 fully saturated rings. The van der Waals surface area contributed by atoms with Crippen LogP contribution in [0.1, 0.15) is 62.5 Å². The van der Waals surface area contributed by atoms with E-state index in [-0.39, 0.29) is 42.7 Å². The third-order valence-electron chi connectivity index (χ3n) is 7.19. The standard InChI is InChI=1S/C27H32N2O5/c1-2-18(14-24(30)28-17-27(12-7-13-27)15-25(31)32)29-26(33)34-16-23-21-10-5-3-8-19(21)20-9-4-6-11-22(20)23/h3-6,8-11,18,23H,2,7,12-17H2,1H3,(H,28,30)(H,29,33)(H,31,32)/t18-/m0/s1. The molecule has 34 heavy (non-hydrogen) atoms. The number of benzene rings is 2. The molecule has 0 bridgehead atoms. The molecule has 3 N–H and O–H groups in total. The number of hydrogen-bond donors (Lipinski definition) is 3. The number of ether oxygens (including phenoxy) is 1. The van der Waals surface area contributed by atoms with Crippen molar-refractivity contribution in [3.8, 4) is 11.1 Å². The topological polar surface area (TPSA) is 105 Å². The zero-order valence-electron chi connectivity index (χ0n) is 19.5. The van der Waals surface area contributed by atoms with Gasteiger partial charge in [0.2, 0.25) is 5.91 Å². The zero-order chi connectivity index (χ0) is 24.1. The van der Waals surface area contributed by atoms with Crippen LogP contribution in [0.3, 0.4) is 0 Å². The summed E-state index contributed by atoms with van der Waals surface area (Å²) >= 11 is 0. The van der Waals surface area contributed by atoms with E-state index in [1.165, 1.54) is 11.1 Å². The smallest absolute Gasteiger partial charge is 0.407 e. The summed E-state index contributed by atoms with van der Waals surface area (Å²) in [6, 6.07) is 16.0. The minimum absolute atomic E-state index is 0.0190. The second-order valence-electron chi connectivity index (χ2n) is 9.48. The summed E-state index contributed by atoms with van der Waals surface area (Å²) in [4.78, 5) is 36.1. The monoisotopic (exact) mass is 464 g/mol. The first-order chi connectivity index (χ1) is 16.4. The van der Waals surface area contributed by atoms with Crippen LogP contribution in [0.2, 0.25) is 0 Å². The molecule has 2 aromatic carbocycles. The summed E-state index contributed by atoms with van der Waals surface area (Å²) in [5, 5.41) is 14.8. The number of amides is 2. The second kappa shape index (κ2) is 10.3. The molecule has 7 heteroatoms. The van der Waals surface area contributed by atoms with Gasteiger partial charge in [0.15, 0.2) is 0 Å². The predicted octanol–water partition coefficient (Wildman–Crippen LogP) is 4.46. The highest BCUT2D eigenvalue weighted by Crippen LogP contribution is 2.45. The summed E-state index contributed by atoms with van der Waals surface area (Å²) in [6.07, 6.45) is 2.86. The first-order valence-electron chi connectivity index (χ1n) is 12.0. The lowest BCUT2D eigenvalue weighted by atomic mass is 9.66. The van der Waals surface area contributed by atoms with Crippen molar-refractivity contribution in [3.05, 3.63) is 59.7 Å². The molecular formula is C27H32N2O5. The fourth-order valence-electron chi connectivity index (χ4n) is 5.10. The molecule has 2 aliphatic carbocycles. The van der Waals surface area contributed by atoms with Crippen molar-refractivity contribution >= 4 is 18.0 Å². The van der Waals surface area contributed by atoms with Gasteiger partial charge in [-0.1, -0.05) is 61.9 Å². The third-order valence-corrected chi connectivity index (χ3v) is 7.19. The molecule has 4 rings (SSSR count). The maximum absolute atomic E-state index is 12.5. The van der Waals surface area contributed by atoms with Gasteiger partial charge in [-0.2, -0.15) is 0 Å². The molecule has 1 atom stereocenters. The summed E-state index contributed by atoms with van der Waals surface area (Å²) in [6.45, 7) is 2.49. The summed E-state index contributed by atoms with van der Waals surface area (Å²) in [7, 11) is 0. The largest absolute Gasteiger partial charge is 0.481 e. The van der Waals surface area contributed by atoms with E-state index in [2.05, 4.69) is 34.9 Å². The number of fused-ring (bicyclic) bond motifs is 3. The van der Waals surface area contributed by atoms with Crippen LogP contribution in [0.4, 0.5) is 4.79 Å². The Morgan fingerprint density at radius 2 is 1.68 bits per heavy atom. The van der Waals surface area contributed by atoms with Gasteiger partial charge in [0.25, 0.3) is 0 Å². The zero-order valence-corrected chi connectivity index (χ0v) is 19.5. The Kier molecular flexibility index (Phi) is 7.20. The SMILES string of the molecule is CC[C@@H](CC(=O)NCC1(CC(=O)O)CCC1)NC(=O)OCC1c2ccccc2-c2ccccc21. The van der Waals surface area contributed by atoms with E-state index >= 15 is 0 Å². The summed E-state index contributed by atoms with van der Waals surface area (Å²) < 4.78 is 5.59. The highest BCUT2D eigenvalue weighted by Gasteiger charge is 2.39. The first kappa shape index (κ1) is 23.8. The van der Waals surface area contributed by atoms with Gasteiger partial charge in [0, 0.05) is 24.9 Å². The van der Waals surface area contributed by atoms with E-state index in [1.807, 2.05) is 31.2 Å². The van der Waals surface area contributed by atoms with E-state index in [0.29, 0.717) is 13.0 Å². The molecule has 2 aromatic rings. The quantitative estimate of drug-likeness (QED) is 0.482. The Hall–Kier alpha value is -3.35. The second-order valence-corrected chi connectivity index (χ2v) is 9.48. The fraction of sp³-hybridized carbons (Fsp3) is 0.444. The molecule has 0 spiro atoms. The number of nitrogens with one attached hydrogen (secondary N) is 2. The maximum Gasteiger partial charge on any atom is 0.407 e. The van der Waals surface area contributed by atoms with E-state index in [0.717, 1.165) is 30.4 Å². The minimum atomic E-state index is -0.836. The van der Waals surface area contributed by atoms with Crippen LogP contribution >= 0.6 is 0 Å². The van der Waals surface area contributed by atoms with Crippen LogP contribution in [0.5, 0.6) is 0 Å². The van der Waals surface area contributed by atoms with Crippen LogP contribution in [0.15, 0.2) is 48.5 Å². The molecule has 2 aliphatic rings. The number of carboxylic acid groups (broad SMARTS) is 1. The highest BCUT2D eigenvalue weighted by atomic mass is 16.5. The molecule has 7 nitrogen and oxygen atoms in total. The Morgan fingerprint density at radius 3 is 2.21 bits per heavy atom. The number of carboxylic acids is 1. The summed E-state index contributed by atoms with van der Waals surface area (Å²) in [5.74, 6) is -1.05. The van der Waals surface area contributed by atoms with Crippen molar-refractivity contribution in [2.24, 2.45) is 5.41 Å². The van der Waals surface area contributed by atoms with Gasteiger partial charge >= 0.3 is 12.1 Å². The minimum Gasteiger partial charge on any atom is -0.481 e. The molecule has 0 heterocycles. The molecule has 2 amide bonds. The number of aliphatic carboxylic acids is 1.